The minimum Gasteiger partial charge on any atom is -0.359 e. The Morgan fingerprint density at radius 1 is 1.24 bits per heavy atom. The van der Waals surface area contributed by atoms with E-state index in [9.17, 15) is 8.78 Å². The summed E-state index contributed by atoms with van der Waals surface area (Å²) >= 11 is 6.43. The zero-order valence-electron chi connectivity index (χ0n) is 12.9. The van der Waals surface area contributed by atoms with E-state index in [1.165, 1.54) is 17.4 Å². The number of nitrogens with one attached hydrogen (secondary N) is 1. The predicted molar refractivity (Wildman–Crippen MR) is 99.4 cm³/mol. The lowest BCUT2D eigenvalue weighted by Crippen LogP contribution is -2.48. The number of hydrogen-bond acceptors (Lipinski definition) is 6. The van der Waals surface area contributed by atoms with Crippen LogP contribution in [0.3, 0.4) is 0 Å². The first kappa shape index (κ1) is 17.0. The van der Waals surface area contributed by atoms with Crippen molar-refractivity contribution in [3.8, 4) is 9.88 Å². The second kappa shape index (κ2) is 6.69. The van der Waals surface area contributed by atoms with Crippen LogP contribution in [0, 0.1) is 5.82 Å². The molecule has 0 aromatic carbocycles. The van der Waals surface area contributed by atoms with Crippen molar-refractivity contribution in [2.24, 2.45) is 0 Å². The van der Waals surface area contributed by atoms with Crippen molar-refractivity contribution < 1.29 is 8.78 Å². The van der Waals surface area contributed by atoms with Crippen molar-refractivity contribution in [2.45, 2.75) is 24.4 Å². The lowest BCUT2D eigenvalue weighted by atomic mass is 9.65. The minimum absolute atomic E-state index is 0.261. The Kier molecular flexibility index (Phi) is 4.55. The molecule has 1 fully saturated rings. The van der Waals surface area contributed by atoms with Crippen LogP contribution in [0.1, 0.15) is 18.5 Å². The van der Waals surface area contributed by atoms with Gasteiger partial charge in [-0.25, -0.2) is 8.78 Å². The highest BCUT2D eigenvalue weighted by Crippen LogP contribution is 2.46. The van der Waals surface area contributed by atoms with E-state index in [0.29, 0.717) is 17.4 Å². The van der Waals surface area contributed by atoms with Gasteiger partial charge in [0.05, 0.1) is 14.4 Å². The first-order valence-corrected chi connectivity index (χ1v) is 10.1. The van der Waals surface area contributed by atoms with Crippen molar-refractivity contribution in [3.63, 3.8) is 0 Å². The monoisotopic (exact) mass is 442 g/mol. The maximum atomic E-state index is 14.1. The van der Waals surface area contributed by atoms with Gasteiger partial charge in [-0.1, -0.05) is 11.3 Å². The van der Waals surface area contributed by atoms with Crippen LogP contribution >= 0.6 is 38.6 Å². The third kappa shape index (κ3) is 3.32. The molecule has 130 valence electrons. The highest BCUT2D eigenvalue weighted by molar-refractivity contribution is 9.11. The van der Waals surface area contributed by atoms with Crippen molar-refractivity contribution in [3.05, 3.63) is 45.8 Å². The quantitative estimate of drug-likeness (QED) is 0.600. The number of halogens is 3. The van der Waals surface area contributed by atoms with E-state index in [-0.39, 0.29) is 12.8 Å². The van der Waals surface area contributed by atoms with Gasteiger partial charge in [-0.3, -0.25) is 4.98 Å². The molecule has 9 heteroatoms. The van der Waals surface area contributed by atoms with E-state index < -0.39 is 17.4 Å². The van der Waals surface area contributed by atoms with Gasteiger partial charge >= 0.3 is 0 Å². The Hall–Kier alpha value is -1.45. The third-order valence-corrected chi connectivity index (χ3v) is 6.95. The molecule has 25 heavy (non-hydrogen) atoms. The Morgan fingerprint density at radius 3 is 2.76 bits per heavy atom. The predicted octanol–water partition coefficient (Wildman–Crippen LogP) is 5.05. The molecule has 0 spiro atoms. The molecule has 4 nitrogen and oxygen atoms in total. The summed E-state index contributed by atoms with van der Waals surface area (Å²) in [6.07, 6.45) is 1.15. The molecule has 1 N–H and O–H groups in total. The number of hydrogen-bond donors (Lipinski definition) is 1. The molecule has 0 bridgehead atoms. The summed E-state index contributed by atoms with van der Waals surface area (Å²) in [7, 11) is 0. The first-order chi connectivity index (χ1) is 12.1. The summed E-state index contributed by atoms with van der Waals surface area (Å²) in [5.41, 5.74) is -0.314. The van der Waals surface area contributed by atoms with Gasteiger partial charge in [0, 0.05) is 18.2 Å². The number of rotatable bonds is 5. The zero-order chi connectivity index (χ0) is 17.4. The van der Waals surface area contributed by atoms with Gasteiger partial charge in [0.15, 0.2) is 5.01 Å². The molecule has 0 atom stereocenters. The number of aromatic nitrogens is 3. The minimum atomic E-state index is -0.920. The molecular weight excluding hydrogens is 430 g/mol. The fourth-order valence-electron chi connectivity index (χ4n) is 3.05. The maximum absolute atomic E-state index is 14.1. The van der Waals surface area contributed by atoms with E-state index in [1.807, 2.05) is 12.1 Å². The number of nitrogens with zero attached hydrogens (tertiary/aromatic N) is 3. The zero-order valence-corrected chi connectivity index (χ0v) is 16.1. The van der Waals surface area contributed by atoms with E-state index in [2.05, 4.69) is 36.4 Å². The molecule has 1 saturated carbocycles. The van der Waals surface area contributed by atoms with Gasteiger partial charge in [-0.15, -0.1) is 21.5 Å². The average Bonchev–Trinajstić information content (AvgIpc) is 3.20. The summed E-state index contributed by atoms with van der Waals surface area (Å²) in [6, 6.07) is 6.85. The molecule has 1 aliphatic carbocycles. The number of pyridine rings is 1. The van der Waals surface area contributed by atoms with Crippen LogP contribution in [0.4, 0.5) is 13.9 Å². The molecular formula is C16H13BrF2N4S2. The highest BCUT2D eigenvalue weighted by atomic mass is 79.9. The van der Waals surface area contributed by atoms with Gasteiger partial charge in [-0.05, 0) is 53.0 Å². The lowest BCUT2D eigenvalue weighted by Gasteiger charge is -2.43. The Balaban J connectivity index is 1.51. The third-order valence-electron chi connectivity index (χ3n) is 4.27. The van der Waals surface area contributed by atoms with Gasteiger partial charge in [-0.2, -0.15) is 0 Å². The van der Waals surface area contributed by atoms with E-state index in [1.54, 1.807) is 23.6 Å². The average molecular weight is 443 g/mol. The van der Waals surface area contributed by atoms with Gasteiger partial charge in [0.2, 0.25) is 5.13 Å². The SMILES string of the molecule is Fc1cccnc1[C@]1(CNc2nnc(-c3ccc(Br)s3)s2)C[C@H](F)C1. The smallest absolute Gasteiger partial charge is 0.206 e. The fraction of sp³-hybridized carbons (Fsp3) is 0.312. The lowest BCUT2D eigenvalue weighted by molar-refractivity contribution is 0.0965. The normalized spacial score (nSPS) is 22.6. The summed E-state index contributed by atoms with van der Waals surface area (Å²) in [6.45, 7) is 0.379. The Bertz CT molecular complexity index is 892. The van der Waals surface area contributed by atoms with Crippen LogP contribution in [0.25, 0.3) is 9.88 Å². The second-order valence-electron chi connectivity index (χ2n) is 5.99. The van der Waals surface area contributed by atoms with E-state index >= 15 is 0 Å². The molecule has 0 radical (unpaired) electrons. The van der Waals surface area contributed by atoms with E-state index in [0.717, 1.165) is 13.7 Å². The molecule has 3 aromatic rings. The highest BCUT2D eigenvalue weighted by Gasteiger charge is 2.48. The number of alkyl halides is 1. The molecule has 0 saturated heterocycles. The number of thiophene rings is 1. The molecule has 3 aromatic heterocycles. The second-order valence-corrected chi connectivity index (χ2v) is 9.43. The summed E-state index contributed by atoms with van der Waals surface area (Å²) in [4.78, 5) is 5.18. The van der Waals surface area contributed by atoms with Crippen LogP contribution in [0.5, 0.6) is 0 Å². The fourth-order valence-corrected chi connectivity index (χ4v) is 5.23. The summed E-state index contributed by atoms with van der Waals surface area (Å²) < 4.78 is 28.8. The van der Waals surface area contributed by atoms with Crippen LogP contribution < -0.4 is 5.32 Å². The first-order valence-electron chi connectivity index (χ1n) is 7.64. The van der Waals surface area contributed by atoms with Gasteiger partial charge in [0.1, 0.15) is 12.0 Å². The van der Waals surface area contributed by atoms with Crippen LogP contribution in [0.2, 0.25) is 0 Å². The molecule has 0 unspecified atom stereocenters. The molecule has 1 aliphatic rings. The largest absolute Gasteiger partial charge is 0.359 e. The van der Waals surface area contributed by atoms with Crippen LogP contribution in [0.15, 0.2) is 34.2 Å². The molecule has 3 heterocycles. The van der Waals surface area contributed by atoms with Crippen molar-refractivity contribution >= 4 is 43.7 Å². The standard InChI is InChI=1S/C16H13BrF2N4S2/c17-12-4-3-11(24-12)14-22-23-15(25-14)21-8-16(6-9(18)7-16)13-10(19)2-1-5-20-13/h1-5,9H,6-8H2,(H,21,23)/t9-,16+. The van der Waals surface area contributed by atoms with Crippen molar-refractivity contribution in [2.75, 3.05) is 11.9 Å². The maximum Gasteiger partial charge on any atom is 0.206 e. The van der Waals surface area contributed by atoms with Crippen LogP contribution in [-0.2, 0) is 5.41 Å². The van der Waals surface area contributed by atoms with E-state index in [4.69, 9.17) is 0 Å². The summed E-state index contributed by atoms with van der Waals surface area (Å²) in [5.74, 6) is -0.391. The summed E-state index contributed by atoms with van der Waals surface area (Å²) in [5, 5.41) is 13.0. The molecule has 4 rings (SSSR count). The van der Waals surface area contributed by atoms with Gasteiger partial charge < -0.3 is 5.32 Å². The number of anilines is 1. The van der Waals surface area contributed by atoms with Crippen LogP contribution in [-0.4, -0.2) is 27.9 Å². The van der Waals surface area contributed by atoms with Crippen molar-refractivity contribution in [1.82, 2.24) is 15.2 Å². The topological polar surface area (TPSA) is 50.7 Å². The molecule has 0 aliphatic heterocycles. The van der Waals surface area contributed by atoms with Gasteiger partial charge in [0.25, 0.3) is 0 Å². The molecule has 0 amide bonds. The Morgan fingerprint density at radius 2 is 2.08 bits per heavy atom. The van der Waals surface area contributed by atoms with Crippen molar-refractivity contribution in [1.29, 1.82) is 0 Å². The Labute approximate surface area is 159 Å².